The molecule has 2 heterocycles. The highest BCUT2D eigenvalue weighted by molar-refractivity contribution is 5.99. The molecule has 0 aromatic heterocycles. The van der Waals surface area contributed by atoms with Crippen LogP contribution in [0.3, 0.4) is 0 Å². The third kappa shape index (κ3) is 2.91. The van der Waals surface area contributed by atoms with Crippen molar-refractivity contribution in [3.8, 4) is 0 Å². The average Bonchev–Trinajstić information content (AvgIpc) is 3.04. The predicted octanol–water partition coefficient (Wildman–Crippen LogP) is 2.28. The molecule has 0 unspecified atom stereocenters. The number of carbonyl (C=O) groups is 1. The molecule has 1 aromatic carbocycles. The molecule has 114 valence electrons. The minimum absolute atomic E-state index is 0.0936. The van der Waals surface area contributed by atoms with Gasteiger partial charge in [-0.05, 0) is 57.3 Å². The molecule has 0 bridgehead atoms. The number of carbonyl (C=O) groups excluding carboxylic acids is 1. The molecule has 1 aromatic rings. The van der Waals surface area contributed by atoms with E-state index in [4.69, 9.17) is 5.73 Å². The van der Waals surface area contributed by atoms with E-state index in [1.54, 1.807) is 0 Å². The Bertz CT molecular complexity index is 515. The Morgan fingerprint density at radius 3 is 2.48 bits per heavy atom. The molecule has 0 spiro atoms. The fourth-order valence-corrected chi connectivity index (χ4v) is 3.58. The van der Waals surface area contributed by atoms with Crippen LogP contribution in [0.1, 0.15) is 41.6 Å². The van der Waals surface area contributed by atoms with Crippen molar-refractivity contribution in [1.82, 2.24) is 9.80 Å². The van der Waals surface area contributed by atoms with Crippen LogP contribution in [-0.4, -0.2) is 47.9 Å². The van der Waals surface area contributed by atoms with Crippen LogP contribution in [0.15, 0.2) is 18.2 Å². The maximum absolute atomic E-state index is 12.6. The lowest BCUT2D eigenvalue weighted by Crippen LogP contribution is -2.46. The van der Waals surface area contributed by atoms with Gasteiger partial charge < -0.3 is 15.5 Å². The van der Waals surface area contributed by atoms with E-state index in [0.717, 1.165) is 31.5 Å². The number of benzene rings is 1. The summed E-state index contributed by atoms with van der Waals surface area (Å²) in [4.78, 5) is 17.2. The molecule has 0 saturated carbocycles. The zero-order chi connectivity index (χ0) is 14.8. The van der Waals surface area contributed by atoms with Crippen molar-refractivity contribution in [3.63, 3.8) is 0 Å². The minimum Gasteiger partial charge on any atom is -0.398 e. The van der Waals surface area contributed by atoms with Crippen molar-refractivity contribution in [2.24, 2.45) is 0 Å². The molecule has 2 N–H and O–H groups in total. The van der Waals surface area contributed by atoms with Gasteiger partial charge in [0.1, 0.15) is 0 Å². The summed E-state index contributed by atoms with van der Waals surface area (Å²) >= 11 is 0. The monoisotopic (exact) mass is 287 g/mol. The second-order valence-electron chi connectivity index (χ2n) is 6.30. The first-order valence-electron chi connectivity index (χ1n) is 8.05. The van der Waals surface area contributed by atoms with Crippen LogP contribution in [0.5, 0.6) is 0 Å². The lowest BCUT2D eigenvalue weighted by Gasteiger charge is -2.36. The lowest BCUT2D eigenvalue weighted by molar-refractivity contribution is 0.0645. The number of hydrogen-bond acceptors (Lipinski definition) is 3. The second-order valence-corrected chi connectivity index (χ2v) is 6.30. The van der Waals surface area contributed by atoms with Crippen LogP contribution < -0.4 is 5.73 Å². The normalized spacial score (nSPS) is 20.9. The molecule has 2 aliphatic rings. The molecule has 3 rings (SSSR count). The molecule has 0 radical (unpaired) electrons. The molecular formula is C17H25N3O. The first-order valence-corrected chi connectivity index (χ1v) is 8.05. The van der Waals surface area contributed by atoms with E-state index in [1.165, 1.54) is 25.9 Å². The number of para-hydroxylation sites is 1. The highest BCUT2D eigenvalue weighted by atomic mass is 16.2. The topological polar surface area (TPSA) is 49.6 Å². The predicted molar refractivity (Wildman–Crippen MR) is 85.3 cm³/mol. The summed E-state index contributed by atoms with van der Waals surface area (Å²) in [5.74, 6) is 0.0936. The van der Waals surface area contributed by atoms with Crippen LogP contribution in [0, 0.1) is 6.92 Å². The number of likely N-dealkylation sites (tertiary alicyclic amines) is 2. The van der Waals surface area contributed by atoms with Crippen molar-refractivity contribution in [2.45, 2.75) is 38.6 Å². The number of hydrogen-bond donors (Lipinski definition) is 1. The molecule has 0 atom stereocenters. The highest BCUT2D eigenvalue weighted by Gasteiger charge is 2.29. The molecule has 0 aliphatic carbocycles. The molecule has 4 heteroatoms. The van der Waals surface area contributed by atoms with Gasteiger partial charge in [-0.2, -0.15) is 0 Å². The van der Waals surface area contributed by atoms with Gasteiger partial charge in [0.25, 0.3) is 5.91 Å². The number of nitrogens with zero attached hydrogens (tertiary/aromatic N) is 2. The van der Waals surface area contributed by atoms with E-state index >= 15 is 0 Å². The van der Waals surface area contributed by atoms with Gasteiger partial charge in [0.05, 0.1) is 5.56 Å². The number of amides is 1. The Morgan fingerprint density at radius 1 is 1.14 bits per heavy atom. The van der Waals surface area contributed by atoms with Gasteiger partial charge in [-0.15, -0.1) is 0 Å². The third-order valence-corrected chi connectivity index (χ3v) is 4.96. The third-order valence-electron chi connectivity index (χ3n) is 4.96. The van der Waals surface area contributed by atoms with Crippen molar-refractivity contribution in [2.75, 3.05) is 31.9 Å². The highest BCUT2D eigenvalue weighted by Crippen LogP contribution is 2.24. The summed E-state index contributed by atoms with van der Waals surface area (Å²) in [6.07, 6.45) is 4.85. The van der Waals surface area contributed by atoms with Crippen molar-refractivity contribution >= 4 is 11.6 Å². The largest absolute Gasteiger partial charge is 0.398 e. The number of rotatable bonds is 2. The Hall–Kier alpha value is -1.55. The summed E-state index contributed by atoms with van der Waals surface area (Å²) in [7, 11) is 0. The fraction of sp³-hybridized carbons (Fsp3) is 0.588. The SMILES string of the molecule is Cc1cccc(C(=O)N2CCC(N3CCCC3)CC2)c1N. The van der Waals surface area contributed by atoms with E-state index in [-0.39, 0.29) is 5.91 Å². The van der Waals surface area contributed by atoms with Gasteiger partial charge in [0.15, 0.2) is 0 Å². The van der Waals surface area contributed by atoms with Gasteiger partial charge in [-0.1, -0.05) is 12.1 Å². The summed E-state index contributed by atoms with van der Waals surface area (Å²) < 4.78 is 0. The van der Waals surface area contributed by atoms with E-state index in [1.807, 2.05) is 30.0 Å². The number of anilines is 1. The Kier molecular flexibility index (Phi) is 4.15. The van der Waals surface area contributed by atoms with Crippen molar-refractivity contribution in [3.05, 3.63) is 29.3 Å². The fourth-order valence-electron chi connectivity index (χ4n) is 3.58. The maximum atomic E-state index is 12.6. The van der Waals surface area contributed by atoms with Gasteiger partial charge >= 0.3 is 0 Å². The Morgan fingerprint density at radius 2 is 1.81 bits per heavy atom. The molecule has 1 amide bonds. The standard InChI is InChI=1S/C17H25N3O/c1-13-5-4-6-15(16(13)18)17(21)20-11-7-14(8-12-20)19-9-2-3-10-19/h4-6,14H,2-3,7-12,18H2,1H3. The van der Waals surface area contributed by atoms with Gasteiger partial charge in [0, 0.05) is 24.8 Å². The van der Waals surface area contributed by atoms with E-state index < -0.39 is 0 Å². The molecule has 2 aliphatic heterocycles. The summed E-state index contributed by atoms with van der Waals surface area (Å²) in [6, 6.07) is 6.38. The number of aryl methyl sites for hydroxylation is 1. The van der Waals surface area contributed by atoms with Crippen LogP contribution >= 0.6 is 0 Å². The zero-order valence-corrected chi connectivity index (χ0v) is 12.8. The summed E-state index contributed by atoms with van der Waals surface area (Å²) in [5.41, 5.74) is 8.33. The Balaban J connectivity index is 1.63. The van der Waals surface area contributed by atoms with Crippen LogP contribution in [0.2, 0.25) is 0 Å². The van der Waals surface area contributed by atoms with Crippen LogP contribution in [0.25, 0.3) is 0 Å². The van der Waals surface area contributed by atoms with Crippen molar-refractivity contribution < 1.29 is 4.79 Å². The number of piperidine rings is 1. The van der Waals surface area contributed by atoms with Crippen LogP contribution in [-0.2, 0) is 0 Å². The number of nitrogen functional groups attached to an aromatic ring is 1. The first kappa shape index (κ1) is 14.4. The zero-order valence-electron chi connectivity index (χ0n) is 12.8. The molecule has 2 saturated heterocycles. The van der Waals surface area contributed by atoms with E-state index in [0.29, 0.717) is 17.3 Å². The maximum Gasteiger partial charge on any atom is 0.255 e. The smallest absolute Gasteiger partial charge is 0.255 e. The van der Waals surface area contributed by atoms with Gasteiger partial charge in [-0.3, -0.25) is 4.79 Å². The van der Waals surface area contributed by atoms with E-state index in [2.05, 4.69) is 4.90 Å². The Labute approximate surface area is 126 Å². The lowest BCUT2D eigenvalue weighted by atomic mass is 10.0. The molecule has 21 heavy (non-hydrogen) atoms. The summed E-state index contributed by atoms with van der Waals surface area (Å²) in [5, 5.41) is 0. The minimum atomic E-state index is 0.0936. The van der Waals surface area contributed by atoms with Crippen LogP contribution in [0.4, 0.5) is 5.69 Å². The molecule has 2 fully saturated rings. The number of nitrogens with two attached hydrogens (primary N) is 1. The van der Waals surface area contributed by atoms with Gasteiger partial charge in [0.2, 0.25) is 0 Å². The van der Waals surface area contributed by atoms with Crippen molar-refractivity contribution in [1.29, 1.82) is 0 Å². The second kappa shape index (κ2) is 6.06. The quantitative estimate of drug-likeness (QED) is 0.849. The molecule has 4 nitrogen and oxygen atoms in total. The summed E-state index contributed by atoms with van der Waals surface area (Å²) in [6.45, 7) is 6.14. The average molecular weight is 287 g/mol. The molecular weight excluding hydrogens is 262 g/mol. The van der Waals surface area contributed by atoms with E-state index in [9.17, 15) is 4.79 Å². The first-order chi connectivity index (χ1) is 10.2. The van der Waals surface area contributed by atoms with Gasteiger partial charge in [-0.25, -0.2) is 0 Å².